The lowest BCUT2D eigenvalue weighted by molar-refractivity contribution is -0.155. The summed E-state index contributed by atoms with van der Waals surface area (Å²) in [6, 6.07) is 17.0. The summed E-state index contributed by atoms with van der Waals surface area (Å²) < 4.78 is 75.8. The lowest BCUT2D eigenvalue weighted by Gasteiger charge is -2.40. The number of halogens is 4. The lowest BCUT2D eigenvalue weighted by Crippen LogP contribution is -2.48. The molecule has 254 valence electrons. The van der Waals surface area contributed by atoms with E-state index in [0.717, 1.165) is 36.7 Å². The van der Waals surface area contributed by atoms with Crippen LogP contribution >= 0.6 is 15.9 Å². The number of nitrogens with one attached hydrogen (secondary N) is 1. The number of para-hydroxylation sites is 1. The Morgan fingerprint density at radius 1 is 1.00 bits per heavy atom. The van der Waals surface area contributed by atoms with E-state index in [-0.39, 0.29) is 33.5 Å². The van der Waals surface area contributed by atoms with Crippen LogP contribution in [0, 0.1) is 0 Å². The average molecular weight is 746 g/mol. The first-order valence-corrected chi connectivity index (χ1v) is 18.5. The molecule has 2 aliphatic heterocycles. The van der Waals surface area contributed by atoms with Gasteiger partial charge < -0.3 is 10.1 Å². The minimum atomic E-state index is -4.80. The molecule has 1 aromatic heterocycles. The van der Waals surface area contributed by atoms with Gasteiger partial charge in [-0.2, -0.15) is 13.2 Å². The van der Waals surface area contributed by atoms with Crippen molar-refractivity contribution >= 4 is 42.6 Å². The quantitative estimate of drug-likeness (QED) is 0.224. The monoisotopic (exact) mass is 744 g/mol. The predicted molar refractivity (Wildman–Crippen MR) is 181 cm³/mol. The molecule has 8 nitrogen and oxygen atoms in total. The zero-order valence-electron chi connectivity index (χ0n) is 26.3. The number of alkyl halides is 3. The van der Waals surface area contributed by atoms with Crippen LogP contribution in [0.15, 0.2) is 82.2 Å². The van der Waals surface area contributed by atoms with E-state index < -0.39 is 28.0 Å². The molecule has 48 heavy (non-hydrogen) atoms. The number of piperidine rings is 1. The molecule has 0 radical (unpaired) electrons. The Kier molecular flexibility index (Phi) is 10.2. The molecule has 0 spiro atoms. The standard InChI is InChI=1S/C35H36BrF3N4O4S/c1-48(45,46)29-12-6-11-27-30(34(44)41-33(35(37,38)39)23-7-3-2-4-8-23)28(31(40-32(27)29)24-9-5-10-25(36)21-24)22-42-15-13-26(14-16-42)43-17-19-47-20-18-43/h2-12,21,26,33H,13-20,22H2,1H3,(H,41,44)/t33-/m1/s1. The number of hydrogen-bond donors (Lipinski definition) is 1. The van der Waals surface area contributed by atoms with Gasteiger partial charge in [-0.05, 0) is 49.7 Å². The van der Waals surface area contributed by atoms with Gasteiger partial charge in [-0.1, -0.05) is 70.5 Å². The molecule has 1 N–H and O–H groups in total. The molecule has 4 aromatic rings. The van der Waals surface area contributed by atoms with Crippen LogP contribution in [0.1, 0.15) is 40.4 Å². The van der Waals surface area contributed by atoms with Crippen molar-refractivity contribution in [1.29, 1.82) is 0 Å². The third kappa shape index (κ3) is 7.60. The number of amides is 1. The number of carbonyl (C=O) groups is 1. The Morgan fingerprint density at radius 2 is 1.69 bits per heavy atom. The van der Waals surface area contributed by atoms with Crippen LogP contribution in [0.3, 0.4) is 0 Å². The summed E-state index contributed by atoms with van der Waals surface area (Å²) >= 11 is 3.50. The van der Waals surface area contributed by atoms with Crippen LogP contribution in [-0.2, 0) is 21.1 Å². The van der Waals surface area contributed by atoms with E-state index in [1.54, 1.807) is 30.3 Å². The maximum absolute atomic E-state index is 14.5. The summed E-state index contributed by atoms with van der Waals surface area (Å²) in [6.07, 6.45) is -1.98. The van der Waals surface area contributed by atoms with Gasteiger partial charge in [0.05, 0.1) is 34.9 Å². The van der Waals surface area contributed by atoms with Crippen molar-refractivity contribution in [2.45, 2.75) is 42.5 Å². The van der Waals surface area contributed by atoms with Crippen LogP contribution in [0.25, 0.3) is 22.2 Å². The van der Waals surface area contributed by atoms with E-state index in [1.807, 2.05) is 6.07 Å². The molecule has 2 fully saturated rings. The summed E-state index contributed by atoms with van der Waals surface area (Å²) in [5.41, 5.74) is 1.25. The van der Waals surface area contributed by atoms with E-state index >= 15 is 0 Å². The zero-order chi connectivity index (χ0) is 34.1. The van der Waals surface area contributed by atoms with Gasteiger partial charge in [0.25, 0.3) is 5.91 Å². The molecule has 3 heterocycles. The second kappa shape index (κ2) is 14.2. The number of pyridine rings is 1. The Balaban J connectivity index is 1.50. The SMILES string of the molecule is CS(=O)(=O)c1cccc2c(C(=O)N[C@H](c3ccccc3)C(F)(F)F)c(CN3CCC(N4CCOCC4)CC3)c(-c3cccc(Br)c3)nc12. The predicted octanol–water partition coefficient (Wildman–Crippen LogP) is 6.40. The van der Waals surface area contributed by atoms with Crippen LogP contribution in [0.4, 0.5) is 13.2 Å². The van der Waals surface area contributed by atoms with Crippen molar-refractivity contribution in [1.82, 2.24) is 20.1 Å². The second-order valence-electron chi connectivity index (χ2n) is 12.3. The molecule has 0 bridgehead atoms. The molecule has 2 saturated heterocycles. The van der Waals surface area contributed by atoms with E-state index in [9.17, 15) is 26.4 Å². The van der Waals surface area contributed by atoms with Crippen molar-refractivity contribution in [2.24, 2.45) is 0 Å². The molecule has 1 atom stereocenters. The molecule has 0 saturated carbocycles. The van der Waals surface area contributed by atoms with Gasteiger partial charge in [0.15, 0.2) is 15.9 Å². The van der Waals surface area contributed by atoms with Crippen LogP contribution in [-0.4, -0.2) is 87.0 Å². The van der Waals surface area contributed by atoms with Crippen LogP contribution in [0.5, 0.6) is 0 Å². The third-order valence-corrected chi connectivity index (χ3v) is 10.7. The minimum Gasteiger partial charge on any atom is -0.379 e. The number of aromatic nitrogens is 1. The lowest BCUT2D eigenvalue weighted by atomic mass is 9.94. The number of likely N-dealkylation sites (tertiary alicyclic amines) is 1. The van der Waals surface area contributed by atoms with E-state index in [0.29, 0.717) is 49.2 Å². The number of sulfone groups is 1. The molecular formula is C35H36BrF3N4O4S. The van der Waals surface area contributed by atoms with Crippen LogP contribution in [0.2, 0.25) is 0 Å². The Bertz CT molecular complexity index is 1900. The fraction of sp³-hybridized carbons (Fsp3) is 0.371. The fourth-order valence-electron chi connectivity index (χ4n) is 6.70. The highest BCUT2D eigenvalue weighted by Gasteiger charge is 2.42. The van der Waals surface area contributed by atoms with Crippen molar-refractivity contribution in [3.63, 3.8) is 0 Å². The molecule has 6 rings (SSSR count). The van der Waals surface area contributed by atoms with E-state index in [2.05, 4.69) is 31.0 Å². The molecular weight excluding hydrogens is 709 g/mol. The molecule has 1 amide bonds. The maximum Gasteiger partial charge on any atom is 0.412 e. The number of fused-ring (bicyclic) bond motifs is 1. The first-order valence-electron chi connectivity index (χ1n) is 15.8. The van der Waals surface area contributed by atoms with Gasteiger partial charge in [0.2, 0.25) is 0 Å². The highest BCUT2D eigenvalue weighted by Crippen LogP contribution is 2.38. The summed E-state index contributed by atoms with van der Waals surface area (Å²) in [4.78, 5) is 23.8. The Hall–Kier alpha value is -3.36. The van der Waals surface area contributed by atoms with Gasteiger partial charge >= 0.3 is 6.18 Å². The first-order chi connectivity index (χ1) is 22.9. The van der Waals surface area contributed by atoms with Gasteiger partial charge in [-0.3, -0.25) is 14.6 Å². The smallest absolute Gasteiger partial charge is 0.379 e. The Morgan fingerprint density at radius 3 is 2.33 bits per heavy atom. The average Bonchev–Trinajstić information content (AvgIpc) is 3.06. The number of nitrogens with zero attached hydrogens (tertiary/aromatic N) is 3. The summed E-state index contributed by atoms with van der Waals surface area (Å²) in [5.74, 6) is -0.964. The van der Waals surface area contributed by atoms with Gasteiger partial charge in [-0.15, -0.1) is 0 Å². The number of carbonyl (C=O) groups excluding carboxylic acids is 1. The second-order valence-corrected chi connectivity index (χ2v) is 15.2. The number of benzene rings is 3. The maximum atomic E-state index is 14.5. The topological polar surface area (TPSA) is 91.8 Å². The van der Waals surface area contributed by atoms with Crippen molar-refractivity contribution in [3.05, 3.63) is 94.0 Å². The normalized spacial score (nSPS) is 17.8. The van der Waals surface area contributed by atoms with Crippen molar-refractivity contribution in [3.8, 4) is 11.3 Å². The zero-order valence-corrected chi connectivity index (χ0v) is 28.7. The molecule has 0 unspecified atom stereocenters. The molecule has 2 aliphatic rings. The minimum absolute atomic E-state index is 0.0261. The number of rotatable bonds is 8. The molecule has 13 heteroatoms. The number of ether oxygens (including phenoxy) is 1. The summed E-state index contributed by atoms with van der Waals surface area (Å²) in [6.45, 7) is 4.80. The van der Waals surface area contributed by atoms with Gasteiger partial charge in [0, 0.05) is 52.9 Å². The highest BCUT2D eigenvalue weighted by atomic mass is 79.9. The third-order valence-electron chi connectivity index (χ3n) is 9.04. The van der Waals surface area contributed by atoms with Gasteiger partial charge in [-0.25, -0.2) is 13.4 Å². The van der Waals surface area contributed by atoms with Gasteiger partial charge in [0.1, 0.15) is 0 Å². The molecule has 3 aromatic carbocycles. The number of morpholine rings is 1. The summed E-state index contributed by atoms with van der Waals surface area (Å²) in [5, 5.41) is 2.44. The van der Waals surface area contributed by atoms with Crippen LogP contribution < -0.4 is 5.32 Å². The summed E-state index contributed by atoms with van der Waals surface area (Å²) in [7, 11) is -3.83. The van der Waals surface area contributed by atoms with E-state index in [1.165, 1.54) is 36.4 Å². The highest BCUT2D eigenvalue weighted by molar-refractivity contribution is 9.10. The molecule has 0 aliphatic carbocycles. The first kappa shape index (κ1) is 34.5. The van der Waals surface area contributed by atoms with Crippen molar-refractivity contribution in [2.75, 3.05) is 45.6 Å². The fourth-order valence-corrected chi connectivity index (χ4v) is 7.93. The largest absolute Gasteiger partial charge is 0.412 e. The Labute approximate surface area is 286 Å². The van der Waals surface area contributed by atoms with Crippen molar-refractivity contribution < 1.29 is 31.1 Å². The van der Waals surface area contributed by atoms with E-state index in [4.69, 9.17) is 9.72 Å². The number of hydrogen-bond acceptors (Lipinski definition) is 7.